The third kappa shape index (κ3) is 4.71. The zero-order chi connectivity index (χ0) is 22.0. The summed E-state index contributed by atoms with van der Waals surface area (Å²) in [5.41, 5.74) is 6.81. The molecule has 4 rings (SSSR count). The fourth-order valence-electron chi connectivity index (χ4n) is 4.21. The first-order chi connectivity index (χ1) is 14.9. The Labute approximate surface area is 186 Å². The van der Waals surface area contributed by atoms with Crippen LogP contribution in [0.2, 0.25) is 0 Å². The van der Waals surface area contributed by atoms with E-state index in [1.807, 2.05) is 39.0 Å². The number of benzene rings is 1. The van der Waals surface area contributed by atoms with Gasteiger partial charge in [-0.15, -0.1) is 0 Å². The molecule has 0 radical (unpaired) electrons. The summed E-state index contributed by atoms with van der Waals surface area (Å²) < 4.78 is 1.73. The summed E-state index contributed by atoms with van der Waals surface area (Å²) >= 11 is 1.35. The number of rotatable bonds is 6. The number of aromatic nitrogens is 3. The summed E-state index contributed by atoms with van der Waals surface area (Å²) in [5.74, 6) is 0.127. The third-order valence-electron chi connectivity index (χ3n) is 5.53. The molecule has 0 fully saturated rings. The van der Waals surface area contributed by atoms with E-state index in [1.165, 1.54) is 17.3 Å². The fraction of sp³-hybridized carbons (Fsp3) is 0.333. The predicted octanol–water partition coefficient (Wildman–Crippen LogP) is 3.83. The van der Waals surface area contributed by atoms with Crippen LogP contribution in [0.3, 0.4) is 0 Å². The molecule has 0 aliphatic heterocycles. The molecule has 0 atom stereocenters. The van der Waals surface area contributed by atoms with Gasteiger partial charge in [0, 0.05) is 23.1 Å². The first-order valence-electron chi connectivity index (χ1n) is 10.5. The van der Waals surface area contributed by atoms with Crippen LogP contribution in [0.1, 0.15) is 40.1 Å². The molecule has 160 valence electrons. The minimum absolute atomic E-state index is 0.0914. The number of pyridine rings is 1. The maximum absolute atomic E-state index is 12.8. The third-order valence-corrected chi connectivity index (χ3v) is 6.55. The molecule has 6 nitrogen and oxygen atoms in total. The van der Waals surface area contributed by atoms with Crippen LogP contribution < -0.4 is 11.0 Å². The zero-order valence-electron chi connectivity index (χ0n) is 18.1. The van der Waals surface area contributed by atoms with E-state index >= 15 is 0 Å². The quantitative estimate of drug-likeness (QED) is 0.471. The molecule has 1 aromatic carbocycles. The molecule has 7 heteroatoms. The number of anilines is 1. The van der Waals surface area contributed by atoms with Gasteiger partial charge in [-0.3, -0.25) is 14.3 Å². The van der Waals surface area contributed by atoms with Crippen molar-refractivity contribution < 1.29 is 4.79 Å². The van der Waals surface area contributed by atoms with Crippen molar-refractivity contribution >= 4 is 23.4 Å². The average molecular weight is 435 g/mol. The zero-order valence-corrected chi connectivity index (χ0v) is 18.9. The Morgan fingerprint density at radius 1 is 1.16 bits per heavy atom. The van der Waals surface area contributed by atoms with Gasteiger partial charge in [0.05, 0.1) is 18.0 Å². The minimum Gasteiger partial charge on any atom is -0.325 e. The SMILES string of the molecule is Cc1cc(C)c(NC(=O)CSc2nc(=O)n(Cc3ccccn3)c3c2CCC3)c(C)c1. The first kappa shape index (κ1) is 21.3. The maximum Gasteiger partial charge on any atom is 0.349 e. The van der Waals surface area contributed by atoms with Gasteiger partial charge in [-0.05, 0) is 63.3 Å². The van der Waals surface area contributed by atoms with Crippen molar-refractivity contribution in [3.05, 3.63) is 80.7 Å². The van der Waals surface area contributed by atoms with E-state index in [0.29, 0.717) is 11.6 Å². The van der Waals surface area contributed by atoms with Gasteiger partial charge >= 0.3 is 5.69 Å². The second kappa shape index (κ2) is 9.06. The lowest BCUT2D eigenvalue weighted by atomic mass is 10.1. The monoisotopic (exact) mass is 434 g/mol. The molecule has 3 aromatic rings. The Morgan fingerprint density at radius 3 is 2.65 bits per heavy atom. The van der Waals surface area contributed by atoms with Crippen molar-refractivity contribution in [1.29, 1.82) is 0 Å². The molecule has 31 heavy (non-hydrogen) atoms. The predicted molar refractivity (Wildman–Crippen MR) is 124 cm³/mol. The van der Waals surface area contributed by atoms with Gasteiger partial charge < -0.3 is 5.32 Å². The van der Waals surface area contributed by atoms with E-state index in [1.54, 1.807) is 10.8 Å². The average Bonchev–Trinajstić information content (AvgIpc) is 3.22. The van der Waals surface area contributed by atoms with E-state index in [4.69, 9.17) is 0 Å². The molecule has 0 saturated heterocycles. The second-order valence-corrected chi connectivity index (χ2v) is 8.96. The Bertz CT molecular complexity index is 1170. The number of carbonyl (C=O) groups excluding carboxylic acids is 1. The maximum atomic E-state index is 12.8. The molecule has 2 aromatic heterocycles. The highest BCUT2D eigenvalue weighted by Crippen LogP contribution is 2.30. The second-order valence-electron chi connectivity index (χ2n) is 8.00. The molecule has 1 aliphatic rings. The van der Waals surface area contributed by atoms with Crippen LogP contribution >= 0.6 is 11.8 Å². The number of amides is 1. The number of nitrogens with zero attached hydrogens (tertiary/aromatic N) is 3. The topological polar surface area (TPSA) is 76.9 Å². The molecule has 0 spiro atoms. The van der Waals surface area contributed by atoms with E-state index in [2.05, 4.69) is 27.4 Å². The van der Waals surface area contributed by atoms with Crippen molar-refractivity contribution in [2.24, 2.45) is 0 Å². The summed E-state index contributed by atoms with van der Waals surface area (Å²) in [6.07, 6.45) is 4.45. The number of hydrogen-bond donors (Lipinski definition) is 1. The number of fused-ring (bicyclic) bond motifs is 1. The van der Waals surface area contributed by atoms with Crippen LogP contribution in [-0.4, -0.2) is 26.2 Å². The normalized spacial score (nSPS) is 12.6. The Hall–Kier alpha value is -2.93. The Morgan fingerprint density at radius 2 is 1.94 bits per heavy atom. The van der Waals surface area contributed by atoms with E-state index in [9.17, 15) is 9.59 Å². The highest BCUT2D eigenvalue weighted by molar-refractivity contribution is 8.00. The number of carbonyl (C=O) groups is 1. The van der Waals surface area contributed by atoms with Crippen molar-refractivity contribution in [3.8, 4) is 0 Å². The molecule has 2 heterocycles. The van der Waals surface area contributed by atoms with Crippen molar-refractivity contribution in [2.45, 2.75) is 51.6 Å². The summed E-state index contributed by atoms with van der Waals surface area (Å²) in [7, 11) is 0. The van der Waals surface area contributed by atoms with E-state index in [-0.39, 0.29) is 17.3 Å². The summed E-state index contributed by atoms with van der Waals surface area (Å²) in [5, 5.41) is 3.71. The van der Waals surface area contributed by atoms with Crippen molar-refractivity contribution in [2.75, 3.05) is 11.1 Å². The lowest BCUT2D eigenvalue weighted by molar-refractivity contribution is -0.113. The number of aryl methyl sites for hydroxylation is 3. The highest BCUT2D eigenvalue weighted by Gasteiger charge is 2.23. The molecular formula is C24H26N4O2S. The number of thioether (sulfide) groups is 1. The molecule has 0 bridgehead atoms. The summed E-state index contributed by atoms with van der Waals surface area (Å²) in [6.45, 7) is 6.47. The Kier molecular flexibility index (Phi) is 6.23. The van der Waals surface area contributed by atoms with Gasteiger partial charge in [0.25, 0.3) is 0 Å². The minimum atomic E-state index is -0.278. The molecule has 1 N–H and O–H groups in total. The lowest BCUT2D eigenvalue weighted by Gasteiger charge is -2.15. The van der Waals surface area contributed by atoms with Crippen LogP contribution in [0.5, 0.6) is 0 Å². The summed E-state index contributed by atoms with van der Waals surface area (Å²) in [4.78, 5) is 34.1. The van der Waals surface area contributed by atoms with Crippen molar-refractivity contribution in [1.82, 2.24) is 14.5 Å². The van der Waals surface area contributed by atoms with Crippen LogP contribution in [0.15, 0.2) is 46.3 Å². The van der Waals surface area contributed by atoms with Gasteiger partial charge in [0.15, 0.2) is 0 Å². The van der Waals surface area contributed by atoms with Gasteiger partial charge in [-0.2, -0.15) is 4.98 Å². The van der Waals surface area contributed by atoms with Crippen LogP contribution in [-0.2, 0) is 24.2 Å². The molecule has 0 saturated carbocycles. The van der Waals surface area contributed by atoms with Gasteiger partial charge in [0.2, 0.25) is 5.91 Å². The lowest BCUT2D eigenvalue weighted by Crippen LogP contribution is -2.28. The first-order valence-corrected chi connectivity index (χ1v) is 11.4. The molecule has 1 aliphatic carbocycles. The summed E-state index contributed by atoms with van der Waals surface area (Å²) in [6, 6.07) is 9.81. The van der Waals surface area contributed by atoms with Gasteiger partial charge in [-0.1, -0.05) is 35.5 Å². The molecule has 0 unspecified atom stereocenters. The standard InChI is InChI=1S/C24H26N4O2S/c1-15-11-16(2)22(17(3)12-15)26-21(29)14-31-23-19-8-6-9-20(19)28(24(30)27-23)13-18-7-4-5-10-25-18/h4-5,7,10-12H,6,8-9,13-14H2,1-3H3,(H,26,29). The van der Waals surface area contributed by atoms with E-state index in [0.717, 1.165) is 53.0 Å². The highest BCUT2D eigenvalue weighted by atomic mass is 32.2. The smallest absolute Gasteiger partial charge is 0.325 e. The Balaban J connectivity index is 1.51. The van der Waals surface area contributed by atoms with Gasteiger partial charge in [0.1, 0.15) is 5.03 Å². The molecule has 1 amide bonds. The molecular weight excluding hydrogens is 408 g/mol. The van der Waals surface area contributed by atoms with Crippen molar-refractivity contribution in [3.63, 3.8) is 0 Å². The largest absolute Gasteiger partial charge is 0.349 e. The van der Waals surface area contributed by atoms with Crippen LogP contribution in [0.4, 0.5) is 5.69 Å². The van der Waals surface area contributed by atoms with E-state index < -0.39 is 0 Å². The number of nitrogens with one attached hydrogen (secondary N) is 1. The van der Waals surface area contributed by atoms with Crippen LogP contribution in [0.25, 0.3) is 0 Å². The van der Waals surface area contributed by atoms with Crippen LogP contribution in [0, 0.1) is 20.8 Å². The fourth-order valence-corrected chi connectivity index (χ4v) is 5.09. The van der Waals surface area contributed by atoms with Gasteiger partial charge in [-0.25, -0.2) is 4.79 Å². The number of hydrogen-bond acceptors (Lipinski definition) is 5.